The Morgan fingerprint density at radius 2 is 2.06 bits per heavy atom. The molecule has 0 bridgehead atoms. The first-order chi connectivity index (χ1) is 8.06. The van der Waals surface area contributed by atoms with Gasteiger partial charge < -0.3 is 10.5 Å². The first-order valence-corrected chi connectivity index (χ1v) is 6.52. The number of ether oxygens (including phenoxy) is 1. The number of aromatic nitrogens is 2. The summed E-state index contributed by atoms with van der Waals surface area (Å²) < 4.78 is 7.57. The van der Waals surface area contributed by atoms with Crippen molar-refractivity contribution in [1.29, 1.82) is 0 Å². The molecule has 4 nitrogen and oxygen atoms in total. The lowest BCUT2D eigenvalue weighted by atomic mass is 10.1. The van der Waals surface area contributed by atoms with Gasteiger partial charge in [0.1, 0.15) is 5.69 Å². The number of nitrogens with zero attached hydrogens (tertiary/aromatic N) is 2. The lowest BCUT2D eigenvalue weighted by molar-refractivity contribution is 0.190. The van der Waals surface area contributed by atoms with Crippen molar-refractivity contribution in [2.75, 3.05) is 5.73 Å². The van der Waals surface area contributed by atoms with Gasteiger partial charge in [-0.3, -0.25) is 0 Å². The van der Waals surface area contributed by atoms with E-state index in [-0.39, 0.29) is 6.10 Å². The minimum atomic E-state index is 0.198. The molecule has 0 amide bonds. The third-order valence-corrected chi connectivity index (χ3v) is 2.99. The van der Waals surface area contributed by atoms with E-state index in [9.17, 15) is 0 Å². The Balaban J connectivity index is 2.42. The number of hydrogen-bond acceptors (Lipinski definition) is 3. The van der Waals surface area contributed by atoms with Crippen LogP contribution in [-0.2, 0) is 7.05 Å². The van der Waals surface area contributed by atoms with Crippen LogP contribution >= 0.6 is 0 Å². The quantitative estimate of drug-likeness (QED) is 0.744. The minimum absolute atomic E-state index is 0.198. The zero-order chi connectivity index (χ0) is 12.8. The van der Waals surface area contributed by atoms with Gasteiger partial charge in [0.15, 0.2) is 0 Å². The SMILES string of the molecule is CCCCCCC(C)Oc1c(N)c(C)nn1C. The summed E-state index contributed by atoms with van der Waals surface area (Å²) in [6, 6.07) is 0. The predicted octanol–water partition coefficient (Wildman–Crippen LogP) is 3.05. The maximum Gasteiger partial charge on any atom is 0.236 e. The van der Waals surface area contributed by atoms with E-state index in [4.69, 9.17) is 10.5 Å². The Hall–Kier alpha value is -1.19. The summed E-state index contributed by atoms with van der Waals surface area (Å²) in [5.74, 6) is 0.700. The van der Waals surface area contributed by atoms with Crippen LogP contribution in [0.3, 0.4) is 0 Å². The summed E-state index contributed by atoms with van der Waals surface area (Å²) >= 11 is 0. The third kappa shape index (κ3) is 3.95. The van der Waals surface area contributed by atoms with Crippen LogP contribution in [0, 0.1) is 6.92 Å². The molecule has 0 saturated heterocycles. The van der Waals surface area contributed by atoms with Crippen LogP contribution in [0.2, 0.25) is 0 Å². The summed E-state index contributed by atoms with van der Waals surface area (Å²) in [5, 5.41) is 4.24. The predicted molar refractivity (Wildman–Crippen MR) is 71.2 cm³/mol. The summed E-state index contributed by atoms with van der Waals surface area (Å²) in [5.41, 5.74) is 7.41. The van der Waals surface area contributed by atoms with Gasteiger partial charge >= 0.3 is 0 Å². The zero-order valence-electron chi connectivity index (χ0n) is 11.5. The highest BCUT2D eigenvalue weighted by atomic mass is 16.5. The molecule has 0 radical (unpaired) electrons. The molecule has 1 atom stereocenters. The summed E-state index contributed by atoms with van der Waals surface area (Å²) in [6.07, 6.45) is 6.34. The number of hydrogen-bond donors (Lipinski definition) is 1. The summed E-state index contributed by atoms with van der Waals surface area (Å²) in [4.78, 5) is 0. The minimum Gasteiger partial charge on any atom is -0.473 e. The molecule has 4 heteroatoms. The molecule has 1 unspecified atom stereocenters. The molecule has 98 valence electrons. The van der Waals surface area contributed by atoms with Gasteiger partial charge in [0, 0.05) is 7.05 Å². The van der Waals surface area contributed by atoms with Crippen LogP contribution in [0.4, 0.5) is 5.69 Å². The molecule has 0 saturated carbocycles. The second-order valence-corrected chi connectivity index (χ2v) is 4.71. The highest BCUT2D eigenvalue weighted by Crippen LogP contribution is 2.25. The van der Waals surface area contributed by atoms with E-state index in [1.807, 2.05) is 14.0 Å². The Morgan fingerprint density at radius 1 is 1.35 bits per heavy atom. The van der Waals surface area contributed by atoms with Crippen molar-refractivity contribution in [2.45, 2.75) is 59.0 Å². The number of aryl methyl sites for hydroxylation is 2. The van der Waals surface area contributed by atoms with Gasteiger partial charge in [-0.1, -0.05) is 26.2 Å². The average Bonchev–Trinajstić information content (AvgIpc) is 2.52. The summed E-state index contributed by atoms with van der Waals surface area (Å²) in [6.45, 7) is 6.21. The number of unbranched alkanes of at least 4 members (excludes halogenated alkanes) is 3. The van der Waals surface area contributed by atoms with Crippen molar-refractivity contribution in [3.8, 4) is 5.88 Å². The molecule has 0 spiro atoms. The van der Waals surface area contributed by atoms with Crippen molar-refractivity contribution in [3.05, 3.63) is 5.69 Å². The Bertz CT molecular complexity index is 347. The monoisotopic (exact) mass is 239 g/mol. The third-order valence-electron chi connectivity index (χ3n) is 2.99. The van der Waals surface area contributed by atoms with Gasteiger partial charge in [-0.25, -0.2) is 4.68 Å². The molecule has 1 heterocycles. The Labute approximate surface area is 104 Å². The Morgan fingerprint density at radius 3 is 2.59 bits per heavy atom. The van der Waals surface area contributed by atoms with Crippen molar-refractivity contribution < 1.29 is 4.74 Å². The second-order valence-electron chi connectivity index (χ2n) is 4.71. The zero-order valence-corrected chi connectivity index (χ0v) is 11.5. The van der Waals surface area contributed by atoms with Crippen LogP contribution in [0.25, 0.3) is 0 Å². The summed E-state index contributed by atoms with van der Waals surface area (Å²) in [7, 11) is 1.86. The lowest BCUT2D eigenvalue weighted by Gasteiger charge is -2.14. The average molecular weight is 239 g/mol. The highest BCUT2D eigenvalue weighted by molar-refractivity contribution is 5.52. The van der Waals surface area contributed by atoms with E-state index < -0.39 is 0 Å². The fourth-order valence-electron chi connectivity index (χ4n) is 1.90. The number of nitrogen functional groups attached to an aromatic ring is 1. The van der Waals surface area contributed by atoms with Crippen molar-refractivity contribution in [2.24, 2.45) is 7.05 Å². The number of rotatable bonds is 7. The standard InChI is InChI=1S/C13H25N3O/c1-5-6-7-8-9-10(2)17-13-12(14)11(3)15-16(13)4/h10H,5-9,14H2,1-4H3. The molecule has 0 aliphatic rings. The van der Waals surface area contributed by atoms with Gasteiger partial charge in [0.25, 0.3) is 0 Å². The number of anilines is 1. The first-order valence-electron chi connectivity index (χ1n) is 6.52. The maximum absolute atomic E-state index is 5.92. The van der Waals surface area contributed by atoms with Crippen LogP contribution in [0.1, 0.15) is 51.6 Å². The van der Waals surface area contributed by atoms with Crippen LogP contribution in [0.15, 0.2) is 0 Å². The van der Waals surface area contributed by atoms with Crippen molar-refractivity contribution in [3.63, 3.8) is 0 Å². The van der Waals surface area contributed by atoms with Gasteiger partial charge in [0.05, 0.1) is 11.8 Å². The molecule has 0 aromatic carbocycles. The molecule has 2 N–H and O–H groups in total. The van der Waals surface area contributed by atoms with Crippen molar-refractivity contribution >= 4 is 5.69 Å². The lowest BCUT2D eigenvalue weighted by Crippen LogP contribution is -2.14. The topological polar surface area (TPSA) is 53.1 Å². The first kappa shape index (κ1) is 13.9. The molecular formula is C13H25N3O. The fourth-order valence-corrected chi connectivity index (χ4v) is 1.90. The van der Waals surface area contributed by atoms with Gasteiger partial charge in [-0.15, -0.1) is 0 Å². The fraction of sp³-hybridized carbons (Fsp3) is 0.769. The van der Waals surface area contributed by atoms with E-state index in [1.54, 1.807) is 4.68 Å². The van der Waals surface area contributed by atoms with E-state index in [2.05, 4.69) is 18.9 Å². The molecule has 1 rings (SSSR count). The van der Waals surface area contributed by atoms with E-state index in [1.165, 1.54) is 25.7 Å². The van der Waals surface area contributed by atoms with Crippen LogP contribution < -0.4 is 10.5 Å². The molecule has 0 aliphatic carbocycles. The van der Waals surface area contributed by atoms with E-state index in [0.717, 1.165) is 12.1 Å². The van der Waals surface area contributed by atoms with E-state index in [0.29, 0.717) is 11.6 Å². The van der Waals surface area contributed by atoms with Crippen LogP contribution in [-0.4, -0.2) is 15.9 Å². The number of nitrogens with two attached hydrogens (primary N) is 1. The molecule has 17 heavy (non-hydrogen) atoms. The largest absolute Gasteiger partial charge is 0.473 e. The second kappa shape index (κ2) is 6.52. The van der Waals surface area contributed by atoms with Crippen molar-refractivity contribution in [1.82, 2.24) is 9.78 Å². The van der Waals surface area contributed by atoms with Crippen LogP contribution in [0.5, 0.6) is 5.88 Å². The molecular weight excluding hydrogens is 214 g/mol. The Kier molecular flexibility index (Phi) is 5.32. The smallest absolute Gasteiger partial charge is 0.236 e. The molecule has 0 aliphatic heterocycles. The van der Waals surface area contributed by atoms with E-state index >= 15 is 0 Å². The van der Waals surface area contributed by atoms with Gasteiger partial charge in [-0.2, -0.15) is 5.10 Å². The molecule has 1 aromatic rings. The molecule has 0 fully saturated rings. The highest BCUT2D eigenvalue weighted by Gasteiger charge is 2.14. The normalized spacial score (nSPS) is 12.7. The molecule has 1 aromatic heterocycles. The maximum atomic E-state index is 5.92. The van der Waals surface area contributed by atoms with Gasteiger partial charge in [0.2, 0.25) is 5.88 Å². The van der Waals surface area contributed by atoms with Gasteiger partial charge in [-0.05, 0) is 26.7 Å².